The molecule has 0 amide bonds. The Morgan fingerprint density at radius 1 is 1.42 bits per heavy atom. The Morgan fingerprint density at radius 3 is 2.68 bits per heavy atom. The fourth-order valence-electron chi connectivity index (χ4n) is 1.85. The number of benzene rings is 1. The van der Waals surface area contributed by atoms with Crippen LogP contribution in [0.1, 0.15) is 17.3 Å². The lowest BCUT2D eigenvalue weighted by Crippen LogP contribution is -2.31. The molecule has 0 aliphatic rings. The summed E-state index contributed by atoms with van der Waals surface area (Å²) in [5.41, 5.74) is 3.97. The molecule has 0 bridgehead atoms. The molecule has 0 spiro atoms. The molecule has 0 saturated carbocycles. The van der Waals surface area contributed by atoms with Gasteiger partial charge in [-0.2, -0.15) is 0 Å². The first-order chi connectivity index (χ1) is 9.02. The summed E-state index contributed by atoms with van der Waals surface area (Å²) in [7, 11) is 1.72. The fourth-order valence-corrected chi connectivity index (χ4v) is 2.45. The van der Waals surface area contributed by atoms with Crippen LogP contribution in [0.4, 0.5) is 8.78 Å². The number of hydrogen-bond acceptors (Lipinski definition) is 4. The molecule has 1 aromatic carbocycles. The van der Waals surface area contributed by atoms with E-state index in [-0.39, 0.29) is 6.04 Å². The molecule has 1 unspecified atom stereocenters. The molecule has 2 rings (SSSR count). The second-order valence-corrected chi connectivity index (χ2v) is 4.81. The summed E-state index contributed by atoms with van der Waals surface area (Å²) in [5.74, 6) is 3.76. The molecule has 102 valence electrons. The second kappa shape index (κ2) is 5.72. The van der Waals surface area contributed by atoms with Gasteiger partial charge in [0.05, 0.1) is 11.7 Å². The number of nitrogens with two attached hydrogens (primary N) is 1. The SMILES string of the molecule is Cn1nnc(Br)c1C(Cc1ccc(F)c(F)c1)NN. The van der Waals surface area contributed by atoms with Gasteiger partial charge in [0.2, 0.25) is 0 Å². The van der Waals surface area contributed by atoms with Crippen molar-refractivity contribution in [2.75, 3.05) is 0 Å². The van der Waals surface area contributed by atoms with Crippen molar-refractivity contribution in [3.05, 3.63) is 45.7 Å². The van der Waals surface area contributed by atoms with Crippen LogP contribution < -0.4 is 11.3 Å². The Hall–Kier alpha value is -1.38. The van der Waals surface area contributed by atoms with Gasteiger partial charge in [0.1, 0.15) is 0 Å². The maximum absolute atomic E-state index is 13.2. The lowest BCUT2D eigenvalue weighted by Gasteiger charge is -2.16. The molecule has 1 aromatic heterocycles. The summed E-state index contributed by atoms with van der Waals surface area (Å²) >= 11 is 3.27. The third-order valence-corrected chi connectivity index (χ3v) is 3.35. The molecule has 19 heavy (non-hydrogen) atoms. The summed E-state index contributed by atoms with van der Waals surface area (Å²) in [6, 6.07) is 3.44. The molecule has 0 aliphatic heterocycles. The van der Waals surface area contributed by atoms with Crippen molar-refractivity contribution in [2.45, 2.75) is 12.5 Å². The van der Waals surface area contributed by atoms with Gasteiger partial charge in [0.25, 0.3) is 0 Å². The Bertz CT molecular complexity index is 567. The third-order valence-electron chi connectivity index (χ3n) is 2.78. The smallest absolute Gasteiger partial charge is 0.159 e. The number of halogens is 3. The fraction of sp³-hybridized carbons (Fsp3) is 0.273. The van der Waals surface area contributed by atoms with E-state index in [4.69, 9.17) is 5.84 Å². The highest BCUT2D eigenvalue weighted by molar-refractivity contribution is 9.10. The number of hydrogen-bond donors (Lipinski definition) is 2. The summed E-state index contributed by atoms with van der Waals surface area (Å²) in [6.45, 7) is 0. The van der Waals surface area contributed by atoms with E-state index < -0.39 is 11.6 Å². The topological polar surface area (TPSA) is 68.8 Å². The van der Waals surface area contributed by atoms with Crippen molar-refractivity contribution in [1.29, 1.82) is 0 Å². The zero-order valence-electron chi connectivity index (χ0n) is 10.1. The first-order valence-corrected chi connectivity index (χ1v) is 6.27. The zero-order valence-corrected chi connectivity index (χ0v) is 11.7. The van der Waals surface area contributed by atoms with Crippen LogP contribution in [0, 0.1) is 11.6 Å². The average Bonchev–Trinajstić information content (AvgIpc) is 2.71. The number of nitrogens with zero attached hydrogens (tertiary/aromatic N) is 3. The average molecular weight is 332 g/mol. The highest BCUT2D eigenvalue weighted by atomic mass is 79.9. The van der Waals surface area contributed by atoms with Crippen LogP contribution in [0.5, 0.6) is 0 Å². The Kier molecular flexibility index (Phi) is 4.23. The molecule has 2 aromatic rings. The monoisotopic (exact) mass is 331 g/mol. The molecule has 0 aliphatic carbocycles. The highest BCUT2D eigenvalue weighted by Crippen LogP contribution is 2.23. The van der Waals surface area contributed by atoms with E-state index in [0.717, 1.165) is 17.8 Å². The molecular weight excluding hydrogens is 320 g/mol. The first kappa shape index (κ1) is 14.0. The molecule has 3 N–H and O–H groups in total. The number of aryl methyl sites for hydroxylation is 1. The Morgan fingerprint density at radius 2 is 2.16 bits per heavy atom. The Labute approximate surface area is 116 Å². The van der Waals surface area contributed by atoms with Crippen molar-refractivity contribution >= 4 is 15.9 Å². The summed E-state index contributed by atoms with van der Waals surface area (Å²) in [4.78, 5) is 0. The van der Waals surface area contributed by atoms with Gasteiger partial charge in [-0.15, -0.1) is 5.10 Å². The van der Waals surface area contributed by atoms with Crippen LogP contribution >= 0.6 is 15.9 Å². The third kappa shape index (κ3) is 2.96. The quantitative estimate of drug-likeness (QED) is 0.659. The van der Waals surface area contributed by atoms with Crippen LogP contribution in [0.3, 0.4) is 0 Å². The summed E-state index contributed by atoms with van der Waals surface area (Å²) in [6.07, 6.45) is 0.382. The minimum atomic E-state index is -0.879. The zero-order chi connectivity index (χ0) is 14.0. The normalized spacial score (nSPS) is 12.7. The molecule has 0 fully saturated rings. The van der Waals surface area contributed by atoms with E-state index in [9.17, 15) is 8.78 Å². The van der Waals surface area contributed by atoms with Gasteiger partial charge >= 0.3 is 0 Å². The van der Waals surface area contributed by atoms with E-state index in [1.165, 1.54) is 6.07 Å². The number of nitrogens with one attached hydrogen (secondary N) is 1. The van der Waals surface area contributed by atoms with Crippen LogP contribution in [-0.4, -0.2) is 15.0 Å². The van der Waals surface area contributed by atoms with Gasteiger partial charge in [-0.25, -0.2) is 13.5 Å². The maximum Gasteiger partial charge on any atom is 0.159 e. The number of hydrazine groups is 1. The molecule has 5 nitrogen and oxygen atoms in total. The second-order valence-electron chi connectivity index (χ2n) is 4.06. The van der Waals surface area contributed by atoms with E-state index in [0.29, 0.717) is 16.6 Å². The number of aromatic nitrogens is 3. The van der Waals surface area contributed by atoms with Crippen molar-refractivity contribution in [3.8, 4) is 0 Å². The summed E-state index contributed by atoms with van der Waals surface area (Å²) < 4.78 is 28.2. The van der Waals surface area contributed by atoms with Gasteiger partial charge in [0.15, 0.2) is 16.2 Å². The van der Waals surface area contributed by atoms with Gasteiger partial charge in [-0.05, 0) is 40.0 Å². The standard InChI is InChI=1S/C11H12BrF2N5/c1-19-10(11(12)17-18-19)9(16-15)5-6-2-3-7(13)8(14)4-6/h2-4,9,16H,5,15H2,1H3. The summed E-state index contributed by atoms with van der Waals surface area (Å²) in [5, 5.41) is 7.71. The van der Waals surface area contributed by atoms with Crippen molar-refractivity contribution in [2.24, 2.45) is 12.9 Å². The van der Waals surface area contributed by atoms with E-state index >= 15 is 0 Å². The van der Waals surface area contributed by atoms with Crippen LogP contribution in [0.15, 0.2) is 22.8 Å². The molecule has 0 radical (unpaired) electrons. The van der Waals surface area contributed by atoms with Gasteiger partial charge in [0, 0.05) is 7.05 Å². The van der Waals surface area contributed by atoms with E-state index in [2.05, 4.69) is 31.7 Å². The predicted molar refractivity (Wildman–Crippen MR) is 68.8 cm³/mol. The first-order valence-electron chi connectivity index (χ1n) is 5.48. The van der Waals surface area contributed by atoms with Crippen molar-refractivity contribution in [1.82, 2.24) is 20.4 Å². The maximum atomic E-state index is 13.2. The lowest BCUT2D eigenvalue weighted by molar-refractivity contribution is 0.492. The van der Waals surface area contributed by atoms with Crippen LogP contribution in [0.25, 0.3) is 0 Å². The van der Waals surface area contributed by atoms with Gasteiger partial charge in [-0.1, -0.05) is 11.3 Å². The number of rotatable bonds is 4. The van der Waals surface area contributed by atoms with E-state index in [1.54, 1.807) is 11.7 Å². The van der Waals surface area contributed by atoms with Crippen molar-refractivity contribution in [3.63, 3.8) is 0 Å². The molecule has 0 saturated heterocycles. The predicted octanol–water partition coefficient (Wildman–Crippen LogP) is 1.60. The molecule has 1 atom stereocenters. The minimum absolute atomic E-state index is 0.320. The molecule has 8 heteroatoms. The van der Waals surface area contributed by atoms with Gasteiger partial charge < -0.3 is 0 Å². The largest absolute Gasteiger partial charge is 0.271 e. The minimum Gasteiger partial charge on any atom is -0.271 e. The molecule has 1 heterocycles. The molecular formula is C11H12BrF2N5. The Balaban J connectivity index is 2.26. The highest BCUT2D eigenvalue weighted by Gasteiger charge is 2.20. The van der Waals surface area contributed by atoms with E-state index in [1.807, 2.05) is 0 Å². The van der Waals surface area contributed by atoms with Crippen LogP contribution in [0.2, 0.25) is 0 Å². The van der Waals surface area contributed by atoms with Crippen LogP contribution in [-0.2, 0) is 13.5 Å². The van der Waals surface area contributed by atoms with Crippen molar-refractivity contribution < 1.29 is 8.78 Å². The van der Waals surface area contributed by atoms with Gasteiger partial charge in [-0.3, -0.25) is 11.3 Å². The lowest BCUT2D eigenvalue weighted by atomic mass is 10.0.